The third-order valence-corrected chi connectivity index (χ3v) is 3.94. The summed E-state index contributed by atoms with van der Waals surface area (Å²) in [7, 11) is 0. The second-order valence-electron chi connectivity index (χ2n) is 5.95. The average molecular weight is 387 g/mol. The molecule has 2 atom stereocenters. The lowest BCUT2D eigenvalue weighted by Crippen LogP contribution is -2.33. The highest BCUT2D eigenvalue weighted by Crippen LogP contribution is 2.31. The molecule has 9 heteroatoms. The van der Waals surface area contributed by atoms with E-state index in [0.717, 1.165) is 6.07 Å². The van der Waals surface area contributed by atoms with Gasteiger partial charge >= 0.3 is 18.6 Å². The number of alkyl halides is 4. The lowest BCUT2D eigenvalue weighted by Gasteiger charge is -2.19. The molecule has 1 aliphatic rings. The van der Waals surface area contributed by atoms with Gasteiger partial charge in [0.2, 0.25) is 0 Å². The molecule has 1 aliphatic heterocycles. The Kier molecular flexibility index (Phi) is 5.20. The molecule has 2 unspecified atom stereocenters. The molecule has 1 saturated heterocycles. The number of hydrogen-bond acceptors (Lipinski definition) is 3. The van der Waals surface area contributed by atoms with Gasteiger partial charge in [0.25, 0.3) is 0 Å². The minimum atomic E-state index is -4.62. The maximum atomic E-state index is 13.4. The normalized spacial score (nSPS) is 19.7. The summed E-state index contributed by atoms with van der Waals surface area (Å²) in [6, 6.07) is 10.1. The molecule has 27 heavy (non-hydrogen) atoms. The second-order valence-corrected chi connectivity index (χ2v) is 5.95. The molecule has 3 rings (SSSR count). The van der Waals surface area contributed by atoms with Crippen molar-refractivity contribution in [1.29, 1.82) is 0 Å². The minimum absolute atomic E-state index is 0.129. The second kappa shape index (κ2) is 7.42. The van der Waals surface area contributed by atoms with Gasteiger partial charge in [-0.05, 0) is 41.8 Å². The highest BCUT2D eigenvalue weighted by Gasteiger charge is 2.44. The third kappa shape index (κ3) is 4.47. The molecule has 0 spiro atoms. The van der Waals surface area contributed by atoms with Gasteiger partial charge in [-0.15, -0.1) is 0 Å². The van der Waals surface area contributed by atoms with E-state index in [1.54, 1.807) is 12.1 Å². The first-order valence-corrected chi connectivity index (χ1v) is 7.91. The Morgan fingerprint density at radius 2 is 1.89 bits per heavy atom. The van der Waals surface area contributed by atoms with Crippen LogP contribution in [-0.2, 0) is 11.2 Å². The first-order valence-electron chi connectivity index (χ1n) is 7.91. The van der Waals surface area contributed by atoms with Crippen molar-refractivity contribution < 1.29 is 36.2 Å². The molecule has 4 nitrogen and oxygen atoms in total. The van der Waals surface area contributed by atoms with Crippen LogP contribution in [0, 0.1) is 5.82 Å². The topological polar surface area (TPSA) is 47.6 Å². The zero-order valence-electron chi connectivity index (χ0n) is 13.7. The van der Waals surface area contributed by atoms with Crippen LogP contribution in [-0.4, -0.2) is 24.7 Å². The van der Waals surface area contributed by atoms with Gasteiger partial charge in [-0.25, -0.2) is 9.18 Å². The Morgan fingerprint density at radius 3 is 2.59 bits per heavy atom. The van der Waals surface area contributed by atoms with Crippen molar-refractivity contribution in [3.63, 3.8) is 0 Å². The Labute approximate surface area is 150 Å². The molecule has 1 amide bonds. The van der Waals surface area contributed by atoms with Crippen molar-refractivity contribution in [3.8, 4) is 5.75 Å². The fourth-order valence-corrected chi connectivity index (χ4v) is 2.79. The van der Waals surface area contributed by atoms with Crippen LogP contribution in [0.3, 0.4) is 0 Å². The summed E-state index contributed by atoms with van der Waals surface area (Å²) in [6.07, 6.45) is -9.95. The molecule has 0 aliphatic carbocycles. The largest absolute Gasteiger partial charge is 0.461 e. The zero-order chi connectivity index (χ0) is 19.6. The van der Waals surface area contributed by atoms with Crippen molar-refractivity contribution in [2.24, 2.45) is 0 Å². The summed E-state index contributed by atoms with van der Waals surface area (Å²) in [5, 5.41) is 2.56. The van der Waals surface area contributed by atoms with E-state index in [0.29, 0.717) is 11.1 Å². The molecular formula is C18H14F5NO3. The van der Waals surface area contributed by atoms with Crippen LogP contribution >= 0.6 is 0 Å². The number of rotatable bonds is 6. The Bertz CT molecular complexity index is 830. The van der Waals surface area contributed by atoms with Crippen molar-refractivity contribution in [1.82, 2.24) is 5.32 Å². The number of halogens is 5. The molecular weight excluding hydrogens is 373 g/mol. The smallest absolute Gasteiger partial charge is 0.439 e. The van der Waals surface area contributed by atoms with E-state index in [2.05, 4.69) is 10.1 Å². The first kappa shape index (κ1) is 18.9. The van der Waals surface area contributed by atoms with Crippen molar-refractivity contribution in [2.75, 3.05) is 0 Å². The van der Waals surface area contributed by atoms with Crippen LogP contribution in [0.4, 0.5) is 26.7 Å². The summed E-state index contributed by atoms with van der Waals surface area (Å²) < 4.78 is 73.3. The number of benzene rings is 2. The van der Waals surface area contributed by atoms with Gasteiger partial charge in [-0.1, -0.05) is 24.3 Å². The predicted molar refractivity (Wildman–Crippen MR) is 84.3 cm³/mol. The van der Waals surface area contributed by atoms with Gasteiger partial charge in [-0.3, -0.25) is 0 Å². The van der Waals surface area contributed by atoms with Crippen LogP contribution < -0.4 is 10.1 Å². The van der Waals surface area contributed by atoms with Gasteiger partial charge in [0.1, 0.15) is 17.7 Å². The van der Waals surface area contributed by atoms with E-state index in [1.165, 1.54) is 30.3 Å². The number of ether oxygens (including phenoxy) is 2. The van der Waals surface area contributed by atoms with E-state index in [1.807, 2.05) is 0 Å². The van der Waals surface area contributed by atoms with E-state index < -0.39 is 42.3 Å². The summed E-state index contributed by atoms with van der Waals surface area (Å²) in [4.78, 5) is 11.6. The van der Waals surface area contributed by atoms with E-state index >= 15 is 0 Å². The van der Waals surface area contributed by atoms with Gasteiger partial charge in [0.15, 0.2) is 0 Å². The molecule has 1 N–H and O–H groups in total. The first-order chi connectivity index (χ1) is 12.7. The summed E-state index contributed by atoms with van der Waals surface area (Å²) in [6.45, 7) is 0. The number of hydrogen-bond donors (Lipinski definition) is 1. The predicted octanol–water partition coefficient (Wildman–Crippen LogP) is 4.45. The van der Waals surface area contributed by atoms with Crippen molar-refractivity contribution in [2.45, 2.75) is 31.1 Å². The molecule has 0 saturated carbocycles. The number of carbonyl (C=O) groups excluding carboxylic acids is 1. The molecule has 2 aromatic carbocycles. The lowest BCUT2D eigenvalue weighted by molar-refractivity contribution is -0.253. The molecule has 0 radical (unpaired) electrons. The SMILES string of the molecule is O=C1NC(Cc2cccc(OC(F)(F)C(F)F)c2)C(c2cccc(F)c2)O1. The van der Waals surface area contributed by atoms with E-state index in [4.69, 9.17) is 4.74 Å². The van der Waals surface area contributed by atoms with E-state index in [-0.39, 0.29) is 6.42 Å². The fourth-order valence-electron chi connectivity index (χ4n) is 2.79. The standard InChI is InChI=1S/C18H14F5NO3/c19-12-5-2-4-11(9-12)15-14(24-17(25)26-15)8-10-3-1-6-13(7-10)27-18(22,23)16(20)21/h1-7,9,14-16H,8H2,(H,24,25). The van der Waals surface area contributed by atoms with Gasteiger partial charge < -0.3 is 14.8 Å². The number of carbonyl (C=O) groups is 1. The number of amides is 1. The van der Waals surface area contributed by atoms with Gasteiger partial charge in [0, 0.05) is 0 Å². The molecule has 0 bridgehead atoms. The molecule has 1 fully saturated rings. The maximum Gasteiger partial charge on any atom is 0.461 e. The quantitative estimate of drug-likeness (QED) is 0.745. The Hall–Kier alpha value is -2.84. The van der Waals surface area contributed by atoms with Gasteiger partial charge in [-0.2, -0.15) is 17.6 Å². The lowest BCUT2D eigenvalue weighted by atomic mass is 9.96. The van der Waals surface area contributed by atoms with Crippen LogP contribution in [0.2, 0.25) is 0 Å². The minimum Gasteiger partial charge on any atom is -0.439 e. The number of nitrogens with one attached hydrogen (secondary N) is 1. The number of alkyl carbamates (subject to hydrolysis) is 1. The number of cyclic esters (lactones) is 1. The van der Waals surface area contributed by atoms with Crippen molar-refractivity contribution >= 4 is 6.09 Å². The maximum absolute atomic E-state index is 13.4. The third-order valence-electron chi connectivity index (χ3n) is 3.94. The van der Waals surface area contributed by atoms with E-state index in [9.17, 15) is 26.7 Å². The van der Waals surface area contributed by atoms with Crippen LogP contribution in [0.15, 0.2) is 48.5 Å². The molecule has 144 valence electrons. The Balaban J connectivity index is 1.77. The Morgan fingerprint density at radius 1 is 1.15 bits per heavy atom. The molecule has 1 heterocycles. The molecule has 2 aromatic rings. The monoisotopic (exact) mass is 387 g/mol. The average Bonchev–Trinajstić information content (AvgIpc) is 2.95. The summed E-state index contributed by atoms with van der Waals surface area (Å²) in [5.41, 5.74) is 0.866. The van der Waals surface area contributed by atoms with Crippen LogP contribution in [0.1, 0.15) is 17.2 Å². The van der Waals surface area contributed by atoms with Gasteiger partial charge in [0.05, 0.1) is 6.04 Å². The van der Waals surface area contributed by atoms with Crippen LogP contribution in [0.5, 0.6) is 5.75 Å². The zero-order valence-corrected chi connectivity index (χ0v) is 13.7. The molecule has 0 aromatic heterocycles. The highest BCUT2D eigenvalue weighted by molar-refractivity contribution is 5.70. The summed E-state index contributed by atoms with van der Waals surface area (Å²) >= 11 is 0. The summed E-state index contributed by atoms with van der Waals surface area (Å²) in [5.74, 6) is -0.941. The fraction of sp³-hybridized carbons (Fsp3) is 0.278. The van der Waals surface area contributed by atoms with Crippen molar-refractivity contribution in [3.05, 3.63) is 65.5 Å². The van der Waals surface area contributed by atoms with Crippen LogP contribution in [0.25, 0.3) is 0 Å². The highest BCUT2D eigenvalue weighted by atomic mass is 19.3.